The minimum Gasteiger partial charge on any atom is -0.375 e. The van der Waals surface area contributed by atoms with Gasteiger partial charge in [0, 0.05) is 13.0 Å². The molecule has 0 N–H and O–H groups in total. The van der Waals surface area contributed by atoms with E-state index in [0.29, 0.717) is 16.7 Å². The highest BCUT2D eigenvalue weighted by Gasteiger charge is 2.17. The Morgan fingerprint density at radius 1 is 1.55 bits per heavy atom. The summed E-state index contributed by atoms with van der Waals surface area (Å²) in [4.78, 5) is 14.0. The van der Waals surface area contributed by atoms with Crippen molar-refractivity contribution in [1.29, 1.82) is 0 Å². The number of alkyl halides is 2. The van der Waals surface area contributed by atoms with Crippen molar-refractivity contribution in [2.75, 3.05) is 33.9 Å². The van der Waals surface area contributed by atoms with Crippen LogP contribution in [0.1, 0.15) is 16.9 Å². The highest BCUT2D eigenvalue weighted by Crippen LogP contribution is 2.18. The molecular weight excluding hydrogens is 336 g/mol. The smallest absolute Gasteiger partial charge is 0.261 e. The molecule has 1 rings (SSSR count). The Labute approximate surface area is 125 Å². The number of aromatic nitrogens is 2. The average molecular weight is 354 g/mol. The Morgan fingerprint density at radius 3 is 2.85 bits per heavy atom. The number of nitrogens with zero attached hydrogens (tertiary/aromatic N) is 3. The maximum absolute atomic E-state index is 12.1. The van der Waals surface area contributed by atoms with Crippen LogP contribution in [-0.4, -0.2) is 60.7 Å². The standard InChI is InChI=1S/C12H18BrF2N3O2/c1-17(2)4-5-18-12(9(13)7-16-18)10(19)3-6-20-8-11(14)15/h7,11H,3-6,8H2,1-2H3. The number of halogens is 3. The van der Waals surface area contributed by atoms with E-state index in [-0.39, 0.29) is 18.8 Å². The molecule has 0 bridgehead atoms. The molecule has 0 fully saturated rings. The number of Topliss-reactive ketones (excluding diaryl/α,β-unsaturated/α-hetero) is 1. The predicted molar refractivity (Wildman–Crippen MR) is 74.3 cm³/mol. The molecule has 5 nitrogen and oxygen atoms in total. The van der Waals surface area contributed by atoms with Gasteiger partial charge in [0.2, 0.25) is 0 Å². The van der Waals surface area contributed by atoms with E-state index in [1.165, 1.54) is 0 Å². The van der Waals surface area contributed by atoms with E-state index in [0.717, 1.165) is 6.54 Å². The van der Waals surface area contributed by atoms with E-state index < -0.39 is 13.0 Å². The quantitative estimate of drug-likeness (QED) is 0.503. The van der Waals surface area contributed by atoms with Gasteiger partial charge >= 0.3 is 0 Å². The Morgan fingerprint density at radius 2 is 2.25 bits per heavy atom. The summed E-state index contributed by atoms with van der Waals surface area (Å²) in [6, 6.07) is 0. The van der Waals surface area contributed by atoms with Gasteiger partial charge in [-0.1, -0.05) is 0 Å². The number of hydrogen-bond donors (Lipinski definition) is 0. The maximum atomic E-state index is 12.1. The Balaban J connectivity index is 2.55. The largest absolute Gasteiger partial charge is 0.375 e. The Kier molecular flexibility index (Phi) is 7.25. The van der Waals surface area contributed by atoms with E-state index in [4.69, 9.17) is 4.74 Å². The topological polar surface area (TPSA) is 47.4 Å². The summed E-state index contributed by atoms with van der Waals surface area (Å²) in [7, 11) is 3.86. The fraction of sp³-hybridized carbons (Fsp3) is 0.667. The molecule has 1 aromatic heterocycles. The SMILES string of the molecule is CN(C)CCn1ncc(Br)c1C(=O)CCOCC(F)F. The molecular formula is C12H18BrF2N3O2. The Hall–Kier alpha value is -0.860. The van der Waals surface area contributed by atoms with Crippen LogP contribution >= 0.6 is 15.9 Å². The normalized spacial score (nSPS) is 11.6. The predicted octanol–water partition coefficient (Wildman–Crippen LogP) is 2.06. The van der Waals surface area contributed by atoms with E-state index in [1.807, 2.05) is 19.0 Å². The second kappa shape index (κ2) is 8.43. The van der Waals surface area contributed by atoms with E-state index in [1.54, 1.807) is 10.9 Å². The number of hydrogen-bond acceptors (Lipinski definition) is 4. The molecule has 0 aliphatic rings. The van der Waals surface area contributed by atoms with Crippen LogP contribution in [0.4, 0.5) is 8.78 Å². The van der Waals surface area contributed by atoms with Gasteiger partial charge in [-0.15, -0.1) is 0 Å². The molecule has 114 valence electrons. The molecule has 1 aromatic rings. The zero-order valence-corrected chi connectivity index (χ0v) is 13.1. The zero-order valence-electron chi connectivity index (χ0n) is 11.5. The molecule has 0 saturated heterocycles. The van der Waals surface area contributed by atoms with Crippen molar-refractivity contribution in [3.05, 3.63) is 16.4 Å². The zero-order chi connectivity index (χ0) is 15.1. The number of rotatable bonds is 9. The number of ketones is 1. The fourth-order valence-electron chi connectivity index (χ4n) is 1.56. The van der Waals surface area contributed by atoms with Crippen molar-refractivity contribution in [2.45, 2.75) is 19.4 Å². The highest BCUT2D eigenvalue weighted by molar-refractivity contribution is 9.10. The summed E-state index contributed by atoms with van der Waals surface area (Å²) in [5.41, 5.74) is 0.451. The second-order valence-electron chi connectivity index (χ2n) is 4.51. The van der Waals surface area contributed by atoms with Gasteiger partial charge in [0.25, 0.3) is 6.43 Å². The molecule has 20 heavy (non-hydrogen) atoms. The third kappa shape index (κ3) is 5.64. The van der Waals surface area contributed by atoms with Crippen molar-refractivity contribution < 1.29 is 18.3 Å². The summed E-state index contributed by atoms with van der Waals surface area (Å²) in [6.07, 6.45) is -0.899. The van der Waals surface area contributed by atoms with E-state index in [9.17, 15) is 13.6 Å². The van der Waals surface area contributed by atoms with Crippen molar-refractivity contribution >= 4 is 21.7 Å². The lowest BCUT2D eigenvalue weighted by Crippen LogP contribution is -2.22. The highest BCUT2D eigenvalue weighted by atomic mass is 79.9. The van der Waals surface area contributed by atoms with Crippen LogP contribution in [0.2, 0.25) is 0 Å². The van der Waals surface area contributed by atoms with Gasteiger partial charge in [-0.05, 0) is 30.0 Å². The summed E-state index contributed by atoms with van der Waals surface area (Å²) < 4.78 is 30.7. The molecule has 0 radical (unpaired) electrons. The molecule has 0 spiro atoms. The molecule has 0 aliphatic heterocycles. The minimum atomic E-state index is -2.51. The lowest BCUT2D eigenvalue weighted by atomic mass is 10.2. The Bertz CT molecular complexity index is 438. The minimum absolute atomic E-state index is 0.0194. The number of carbonyl (C=O) groups is 1. The molecule has 0 unspecified atom stereocenters. The first kappa shape index (κ1) is 17.2. The molecule has 0 aromatic carbocycles. The molecule has 0 amide bonds. The monoisotopic (exact) mass is 353 g/mol. The van der Waals surface area contributed by atoms with Crippen LogP contribution in [0.5, 0.6) is 0 Å². The number of ether oxygens (including phenoxy) is 1. The molecule has 8 heteroatoms. The molecule has 1 heterocycles. The van der Waals surface area contributed by atoms with Crippen LogP contribution in [0.3, 0.4) is 0 Å². The van der Waals surface area contributed by atoms with Gasteiger partial charge in [0.15, 0.2) is 5.78 Å². The summed E-state index contributed by atoms with van der Waals surface area (Å²) in [6.45, 7) is 0.663. The number of carbonyl (C=O) groups excluding carboxylic acids is 1. The van der Waals surface area contributed by atoms with Gasteiger partial charge < -0.3 is 9.64 Å². The third-order valence-electron chi connectivity index (χ3n) is 2.54. The van der Waals surface area contributed by atoms with Crippen LogP contribution in [0.15, 0.2) is 10.7 Å². The molecule has 0 atom stereocenters. The fourth-order valence-corrected chi connectivity index (χ4v) is 2.08. The van der Waals surface area contributed by atoms with Crippen LogP contribution < -0.4 is 0 Å². The molecule has 0 saturated carbocycles. The first-order chi connectivity index (χ1) is 9.41. The van der Waals surface area contributed by atoms with E-state index in [2.05, 4.69) is 21.0 Å². The summed E-state index contributed by atoms with van der Waals surface area (Å²) >= 11 is 3.28. The first-order valence-electron chi connectivity index (χ1n) is 6.17. The van der Waals surface area contributed by atoms with Gasteiger partial charge in [0.1, 0.15) is 12.3 Å². The van der Waals surface area contributed by atoms with Gasteiger partial charge in [-0.2, -0.15) is 5.10 Å². The van der Waals surface area contributed by atoms with Gasteiger partial charge in [-0.3, -0.25) is 9.48 Å². The lowest BCUT2D eigenvalue weighted by Gasteiger charge is -2.11. The molecule has 0 aliphatic carbocycles. The van der Waals surface area contributed by atoms with E-state index >= 15 is 0 Å². The van der Waals surface area contributed by atoms with Gasteiger partial charge in [-0.25, -0.2) is 8.78 Å². The third-order valence-corrected chi connectivity index (χ3v) is 3.12. The van der Waals surface area contributed by atoms with Crippen molar-refractivity contribution in [3.8, 4) is 0 Å². The number of likely N-dealkylation sites (N-methyl/N-ethyl adjacent to an activating group) is 1. The summed E-state index contributed by atoms with van der Waals surface area (Å²) in [5.74, 6) is -0.178. The van der Waals surface area contributed by atoms with Crippen LogP contribution in [0, 0.1) is 0 Å². The second-order valence-corrected chi connectivity index (χ2v) is 5.36. The van der Waals surface area contributed by atoms with Crippen LogP contribution in [-0.2, 0) is 11.3 Å². The van der Waals surface area contributed by atoms with Crippen LogP contribution in [0.25, 0.3) is 0 Å². The summed E-state index contributed by atoms with van der Waals surface area (Å²) in [5, 5.41) is 4.13. The van der Waals surface area contributed by atoms with Crippen molar-refractivity contribution in [2.24, 2.45) is 0 Å². The average Bonchev–Trinajstić information content (AvgIpc) is 2.73. The maximum Gasteiger partial charge on any atom is 0.261 e. The van der Waals surface area contributed by atoms with Crippen molar-refractivity contribution in [1.82, 2.24) is 14.7 Å². The van der Waals surface area contributed by atoms with Crippen molar-refractivity contribution in [3.63, 3.8) is 0 Å². The van der Waals surface area contributed by atoms with Gasteiger partial charge in [0.05, 0.1) is 23.8 Å². The first-order valence-corrected chi connectivity index (χ1v) is 6.96. The lowest BCUT2D eigenvalue weighted by molar-refractivity contribution is 0.0169.